The average molecular weight is 382 g/mol. The lowest BCUT2D eigenvalue weighted by molar-refractivity contribution is 0.368. The highest BCUT2D eigenvalue weighted by Crippen LogP contribution is 2.35. The Bertz CT molecular complexity index is 1140. The third-order valence-electron chi connectivity index (χ3n) is 4.44. The van der Waals surface area contributed by atoms with Crippen LogP contribution >= 0.6 is 0 Å². The fourth-order valence-corrected chi connectivity index (χ4v) is 4.08. The van der Waals surface area contributed by atoms with Gasteiger partial charge in [-0.05, 0) is 24.3 Å². The zero-order valence-electron chi connectivity index (χ0n) is 14.9. The Morgan fingerprint density at radius 3 is 2.52 bits per heavy atom. The molecular formula is C19H18N4O3S. The van der Waals surface area contributed by atoms with E-state index in [1.54, 1.807) is 13.3 Å². The first-order valence-corrected chi connectivity index (χ1v) is 10.2. The van der Waals surface area contributed by atoms with E-state index in [0.717, 1.165) is 21.8 Å². The van der Waals surface area contributed by atoms with Gasteiger partial charge in [0.1, 0.15) is 11.8 Å². The van der Waals surface area contributed by atoms with Crippen molar-refractivity contribution in [3.8, 4) is 5.75 Å². The number of fused-ring (bicyclic) bond motifs is 1. The molecule has 4 rings (SSSR count). The highest BCUT2D eigenvalue weighted by Gasteiger charge is 2.36. The molecule has 0 fully saturated rings. The smallest absolute Gasteiger partial charge is 0.247 e. The molecule has 2 heterocycles. The summed E-state index contributed by atoms with van der Waals surface area (Å²) in [6, 6.07) is 14.4. The van der Waals surface area contributed by atoms with Crippen molar-refractivity contribution in [1.29, 1.82) is 0 Å². The number of para-hydroxylation sites is 3. The second-order valence-corrected chi connectivity index (χ2v) is 8.13. The SMILES string of the molecule is COc1ccccc1C1=NN(S(C)(=O)=O)[C@H](c2cnc3ccccc3n2)C1. The maximum atomic E-state index is 12.4. The van der Waals surface area contributed by atoms with Crippen molar-refractivity contribution in [1.82, 2.24) is 14.4 Å². The van der Waals surface area contributed by atoms with Gasteiger partial charge < -0.3 is 4.74 Å². The molecule has 2 aromatic carbocycles. The number of methoxy groups -OCH3 is 1. The largest absolute Gasteiger partial charge is 0.496 e. The van der Waals surface area contributed by atoms with E-state index in [-0.39, 0.29) is 0 Å². The zero-order valence-corrected chi connectivity index (χ0v) is 15.7. The van der Waals surface area contributed by atoms with Crippen LogP contribution in [-0.4, -0.2) is 41.9 Å². The van der Waals surface area contributed by atoms with Crippen LogP contribution in [0.1, 0.15) is 23.7 Å². The topological polar surface area (TPSA) is 84.8 Å². The van der Waals surface area contributed by atoms with Gasteiger partial charge in [-0.25, -0.2) is 13.4 Å². The van der Waals surface area contributed by atoms with Crippen molar-refractivity contribution in [3.63, 3.8) is 0 Å². The lowest BCUT2D eigenvalue weighted by Crippen LogP contribution is -2.26. The summed E-state index contributed by atoms with van der Waals surface area (Å²) in [6.07, 6.45) is 3.15. The molecule has 0 aliphatic carbocycles. The minimum atomic E-state index is -3.58. The normalized spacial score (nSPS) is 17.2. The van der Waals surface area contributed by atoms with Crippen molar-refractivity contribution < 1.29 is 13.2 Å². The summed E-state index contributed by atoms with van der Waals surface area (Å²) in [5.41, 5.74) is 3.45. The summed E-state index contributed by atoms with van der Waals surface area (Å²) in [5.74, 6) is 0.648. The molecule has 8 heteroatoms. The molecule has 0 saturated carbocycles. The first-order valence-electron chi connectivity index (χ1n) is 8.39. The molecule has 1 atom stereocenters. The summed E-state index contributed by atoms with van der Waals surface area (Å²) in [4.78, 5) is 9.03. The monoisotopic (exact) mass is 382 g/mol. The number of nitrogens with zero attached hydrogens (tertiary/aromatic N) is 4. The van der Waals surface area contributed by atoms with Crippen molar-refractivity contribution in [2.24, 2.45) is 5.10 Å². The number of hydrogen-bond acceptors (Lipinski definition) is 6. The summed E-state index contributed by atoms with van der Waals surface area (Å²) in [7, 11) is -2.00. The molecule has 0 radical (unpaired) electrons. The first-order chi connectivity index (χ1) is 13.0. The molecule has 7 nitrogen and oxygen atoms in total. The lowest BCUT2D eigenvalue weighted by atomic mass is 10.0. The predicted octanol–water partition coefficient (Wildman–Crippen LogP) is 2.75. The number of sulfonamides is 1. The summed E-state index contributed by atoms with van der Waals surface area (Å²) in [5, 5.41) is 4.39. The number of aromatic nitrogens is 2. The molecular weight excluding hydrogens is 364 g/mol. The van der Waals surface area contributed by atoms with E-state index in [1.165, 1.54) is 0 Å². The minimum absolute atomic E-state index is 0.389. The Hall–Kier alpha value is -3.00. The van der Waals surface area contributed by atoms with Crippen molar-refractivity contribution >= 4 is 26.8 Å². The standard InChI is InChI=1S/C19H18N4O3S/c1-26-19-10-6-3-7-13(19)16-11-18(23(22-16)27(2,24)25)17-12-20-14-8-4-5-9-15(14)21-17/h3-10,12,18H,11H2,1-2H3/t18-/m0/s1. The molecule has 0 unspecified atom stereocenters. The van der Waals surface area contributed by atoms with E-state index in [0.29, 0.717) is 29.1 Å². The Balaban J connectivity index is 1.79. The van der Waals surface area contributed by atoms with Gasteiger partial charge in [0, 0.05) is 12.0 Å². The maximum absolute atomic E-state index is 12.4. The van der Waals surface area contributed by atoms with E-state index in [4.69, 9.17) is 4.74 Å². The van der Waals surface area contributed by atoms with Crippen LogP contribution in [0.15, 0.2) is 59.8 Å². The second-order valence-electron chi connectivity index (χ2n) is 6.29. The molecule has 27 heavy (non-hydrogen) atoms. The van der Waals surface area contributed by atoms with Crippen molar-refractivity contribution in [2.45, 2.75) is 12.5 Å². The summed E-state index contributed by atoms with van der Waals surface area (Å²) in [6.45, 7) is 0. The van der Waals surface area contributed by atoms with Gasteiger partial charge in [-0.1, -0.05) is 24.3 Å². The van der Waals surface area contributed by atoms with Gasteiger partial charge in [0.25, 0.3) is 0 Å². The molecule has 1 aliphatic heterocycles. The van der Waals surface area contributed by atoms with Crippen LogP contribution in [0, 0.1) is 0 Å². The molecule has 1 aromatic heterocycles. The third kappa shape index (κ3) is 3.23. The van der Waals surface area contributed by atoms with E-state index >= 15 is 0 Å². The van der Waals surface area contributed by atoms with E-state index in [9.17, 15) is 8.42 Å². The Labute approximate surface area is 157 Å². The molecule has 3 aromatic rings. The molecule has 0 bridgehead atoms. The van der Waals surface area contributed by atoms with Crippen LogP contribution in [0.2, 0.25) is 0 Å². The lowest BCUT2D eigenvalue weighted by Gasteiger charge is -2.20. The predicted molar refractivity (Wildman–Crippen MR) is 103 cm³/mol. The quantitative estimate of drug-likeness (QED) is 0.693. The van der Waals surface area contributed by atoms with Gasteiger partial charge in [0.05, 0.1) is 42.0 Å². The average Bonchev–Trinajstić information content (AvgIpc) is 3.13. The van der Waals surface area contributed by atoms with Crippen LogP contribution in [0.4, 0.5) is 0 Å². The fraction of sp³-hybridized carbons (Fsp3) is 0.211. The number of benzene rings is 2. The molecule has 0 spiro atoms. The van der Waals surface area contributed by atoms with Gasteiger partial charge in [-0.3, -0.25) is 4.98 Å². The third-order valence-corrected chi connectivity index (χ3v) is 5.45. The van der Waals surface area contributed by atoms with Gasteiger partial charge in [0.2, 0.25) is 10.0 Å². The molecule has 0 N–H and O–H groups in total. The Morgan fingerprint density at radius 1 is 1.07 bits per heavy atom. The van der Waals surface area contributed by atoms with E-state index < -0.39 is 16.1 Å². The number of hydrogen-bond donors (Lipinski definition) is 0. The first kappa shape index (κ1) is 17.4. The van der Waals surface area contributed by atoms with Crippen LogP contribution < -0.4 is 4.74 Å². The molecule has 0 saturated heterocycles. The van der Waals surface area contributed by atoms with Crippen LogP contribution in [0.3, 0.4) is 0 Å². The van der Waals surface area contributed by atoms with Crippen molar-refractivity contribution in [2.75, 3.05) is 13.4 Å². The van der Waals surface area contributed by atoms with Gasteiger partial charge >= 0.3 is 0 Å². The maximum Gasteiger partial charge on any atom is 0.247 e. The van der Waals surface area contributed by atoms with E-state index in [2.05, 4.69) is 15.1 Å². The van der Waals surface area contributed by atoms with E-state index in [1.807, 2.05) is 48.5 Å². The highest BCUT2D eigenvalue weighted by atomic mass is 32.2. The fourth-order valence-electron chi connectivity index (χ4n) is 3.19. The Morgan fingerprint density at radius 2 is 1.78 bits per heavy atom. The zero-order chi connectivity index (χ0) is 19.0. The number of rotatable bonds is 4. The number of ether oxygens (including phenoxy) is 1. The van der Waals surface area contributed by atoms with Crippen LogP contribution in [-0.2, 0) is 10.0 Å². The minimum Gasteiger partial charge on any atom is -0.496 e. The van der Waals surface area contributed by atoms with Crippen LogP contribution in [0.25, 0.3) is 11.0 Å². The van der Waals surface area contributed by atoms with Gasteiger partial charge in [-0.2, -0.15) is 9.52 Å². The summed E-state index contributed by atoms with van der Waals surface area (Å²) >= 11 is 0. The highest BCUT2D eigenvalue weighted by molar-refractivity contribution is 7.88. The number of hydrazone groups is 1. The van der Waals surface area contributed by atoms with Crippen LogP contribution in [0.5, 0.6) is 5.75 Å². The molecule has 138 valence electrons. The Kier molecular flexibility index (Phi) is 4.27. The molecule has 1 aliphatic rings. The second kappa shape index (κ2) is 6.62. The summed E-state index contributed by atoms with van der Waals surface area (Å²) < 4.78 is 31.2. The molecule has 0 amide bonds. The van der Waals surface area contributed by atoms with Crippen molar-refractivity contribution in [3.05, 3.63) is 66.0 Å². The van der Waals surface area contributed by atoms with Gasteiger partial charge in [-0.15, -0.1) is 0 Å². The van der Waals surface area contributed by atoms with Gasteiger partial charge in [0.15, 0.2) is 0 Å².